The Kier molecular flexibility index (Phi) is 3.70. The van der Waals surface area contributed by atoms with Gasteiger partial charge >= 0.3 is 5.69 Å². The molecule has 0 spiro atoms. The van der Waals surface area contributed by atoms with Crippen molar-refractivity contribution in [2.75, 3.05) is 0 Å². The first-order valence-corrected chi connectivity index (χ1v) is 6.99. The summed E-state index contributed by atoms with van der Waals surface area (Å²) in [5, 5.41) is 10.7. The summed E-state index contributed by atoms with van der Waals surface area (Å²) in [6.07, 6.45) is 1.65. The average molecular weight is 292 g/mol. The van der Waals surface area contributed by atoms with E-state index in [0.717, 1.165) is 16.7 Å². The topological polar surface area (TPSA) is 63.0 Å². The molecule has 1 aromatic heterocycles. The van der Waals surface area contributed by atoms with Crippen LogP contribution in [0, 0.1) is 13.8 Å². The van der Waals surface area contributed by atoms with Crippen molar-refractivity contribution < 1.29 is 0 Å². The van der Waals surface area contributed by atoms with E-state index in [9.17, 15) is 4.79 Å². The minimum atomic E-state index is -0.362. The summed E-state index contributed by atoms with van der Waals surface area (Å²) < 4.78 is 1.27. The van der Waals surface area contributed by atoms with Gasteiger partial charge in [0.25, 0.3) is 0 Å². The van der Waals surface area contributed by atoms with Gasteiger partial charge in [-0.15, -0.1) is 0 Å². The summed E-state index contributed by atoms with van der Waals surface area (Å²) in [4.78, 5) is 11.9. The Labute approximate surface area is 127 Å². The van der Waals surface area contributed by atoms with Gasteiger partial charge in [0.05, 0.1) is 6.21 Å². The minimum absolute atomic E-state index is 0.362. The lowest BCUT2D eigenvalue weighted by Gasteiger charge is -2.01. The van der Waals surface area contributed by atoms with Gasteiger partial charge < -0.3 is 0 Å². The number of hydrogen-bond donors (Lipinski definition) is 1. The molecular weight excluding hydrogens is 276 g/mol. The lowest BCUT2D eigenvalue weighted by Crippen LogP contribution is -2.13. The summed E-state index contributed by atoms with van der Waals surface area (Å²) in [7, 11) is 0. The van der Waals surface area contributed by atoms with Crippen molar-refractivity contribution in [3.8, 4) is 11.4 Å². The first-order chi connectivity index (χ1) is 10.6. The zero-order valence-corrected chi connectivity index (χ0v) is 12.4. The molecule has 0 atom stereocenters. The predicted molar refractivity (Wildman–Crippen MR) is 87.2 cm³/mol. The minimum Gasteiger partial charge on any atom is -0.244 e. The third kappa shape index (κ3) is 2.88. The molecule has 0 aliphatic rings. The highest BCUT2D eigenvalue weighted by atomic mass is 16.2. The molecule has 1 heterocycles. The van der Waals surface area contributed by atoms with E-state index in [0.29, 0.717) is 5.82 Å². The highest BCUT2D eigenvalue weighted by Gasteiger charge is 2.09. The second-order valence-corrected chi connectivity index (χ2v) is 5.19. The van der Waals surface area contributed by atoms with Gasteiger partial charge in [-0.25, -0.2) is 9.89 Å². The molecule has 0 aliphatic carbocycles. The molecular formula is C17H16N4O. The summed E-state index contributed by atoms with van der Waals surface area (Å²) in [5.41, 5.74) is 3.73. The summed E-state index contributed by atoms with van der Waals surface area (Å²) in [6.45, 7) is 4.04. The van der Waals surface area contributed by atoms with Gasteiger partial charge in [-0.05, 0) is 19.4 Å². The first kappa shape index (κ1) is 14.0. The van der Waals surface area contributed by atoms with Crippen molar-refractivity contribution in [1.29, 1.82) is 0 Å². The van der Waals surface area contributed by atoms with Crippen LogP contribution in [0.1, 0.15) is 16.7 Å². The van der Waals surface area contributed by atoms with Crippen LogP contribution < -0.4 is 5.69 Å². The molecule has 22 heavy (non-hydrogen) atoms. The van der Waals surface area contributed by atoms with E-state index in [4.69, 9.17) is 0 Å². The van der Waals surface area contributed by atoms with Gasteiger partial charge in [0.15, 0.2) is 5.82 Å². The number of hydrogen-bond acceptors (Lipinski definition) is 3. The molecule has 0 saturated heterocycles. The summed E-state index contributed by atoms with van der Waals surface area (Å²) in [6, 6.07) is 15.7. The zero-order chi connectivity index (χ0) is 15.5. The molecule has 2 aromatic carbocycles. The van der Waals surface area contributed by atoms with Crippen LogP contribution in [0.25, 0.3) is 11.4 Å². The SMILES string of the molecule is Cc1ccc(/C=N/n2c(-c3ccc(C)cc3)n[nH]c2=O)cc1. The van der Waals surface area contributed by atoms with Crippen molar-refractivity contribution in [2.45, 2.75) is 13.8 Å². The van der Waals surface area contributed by atoms with E-state index in [2.05, 4.69) is 15.3 Å². The zero-order valence-electron chi connectivity index (χ0n) is 12.4. The van der Waals surface area contributed by atoms with E-state index in [-0.39, 0.29) is 5.69 Å². The normalized spacial score (nSPS) is 11.2. The number of nitrogens with one attached hydrogen (secondary N) is 1. The maximum atomic E-state index is 11.9. The number of rotatable bonds is 3. The molecule has 5 heteroatoms. The van der Waals surface area contributed by atoms with Crippen LogP contribution in [0.15, 0.2) is 58.4 Å². The van der Waals surface area contributed by atoms with Gasteiger partial charge in [-0.3, -0.25) is 0 Å². The molecule has 3 aromatic rings. The van der Waals surface area contributed by atoms with Crippen molar-refractivity contribution >= 4 is 6.21 Å². The van der Waals surface area contributed by atoms with Crippen LogP contribution in [0.5, 0.6) is 0 Å². The molecule has 0 amide bonds. The number of aromatic nitrogens is 3. The Morgan fingerprint density at radius 1 is 1.00 bits per heavy atom. The number of nitrogens with zero attached hydrogens (tertiary/aromatic N) is 3. The largest absolute Gasteiger partial charge is 0.364 e. The Balaban J connectivity index is 1.97. The number of benzene rings is 2. The van der Waals surface area contributed by atoms with Gasteiger partial charge in [-0.1, -0.05) is 59.7 Å². The van der Waals surface area contributed by atoms with Gasteiger partial charge in [0.2, 0.25) is 0 Å². The average Bonchev–Trinajstić information content (AvgIpc) is 2.89. The Bertz CT molecular complexity index is 855. The van der Waals surface area contributed by atoms with Crippen LogP contribution >= 0.6 is 0 Å². The maximum Gasteiger partial charge on any atom is 0.364 e. The van der Waals surface area contributed by atoms with E-state index in [1.165, 1.54) is 10.2 Å². The maximum absolute atomic E-state index is 11.9. The fourth-order valence-corrected chi connectivity index (χ4v) is 2.07. The van der Waals surface area contributed by atoms with Crippen molar-refractivity contribution in [1.82, 2.24) is 14.9 Å². The number of H-pyrrole nitrogens is 1. The van der Waals surface area contributed by atoms with Crippen LogP contribution in [0.3, 0.4) is 0 Å². The number of aryl methyl sites for hydroxylation is 2. The van der Waals surface area contributed by atoms with E-state index >= 15 is 0 Å². The second-order valence-electron chi connectivity index (χ2n) is 5.19. The van der Waals surface area contributed by atoms with Crippen molar-refractivity contribution in [2.24, 2.45) is 5.10 Å². The lowest BCUT2D eigenvalue weighted by molar-refractivity contribution is 0.842. The van der Waals surface area contributed by atoms with Crippen molar-refractivity contribution in [3.05, 3.63) is 75.7 Å². The highest BCUT2D eigenvalue weighted by molar-refractivity contribution is 5.79. The molecule has 0 aliphatic heterocycles. The molecule has 0 bridgehead atoms. The monoisotopic (exact) mass is 292 g/mol. The fourth-order valence-electron chi connectivity index (χ4n) is 2.07. The van der Waals surface area contributed by atoms with Gasteiger partial charge in [0.1, 0.15) is 0 Å². The van der Waals surface area contributed by atoms with Crippen LogP contribution in [0.4, 0.5) is 0 Å². The lowest BCUT2D eigenvalue weighted by atomic mass is 10.1. The molecule has 1 N–H and O–H groups in total. The predicted octanol–water partition coefficient (Wildman–Crippen LogP) is 2.74. The van der Waals surface area contributed by atoms with Crippen LogP contribution in [-0.2, 0) is 0 Å². The molecule has 0 saturated carbocycles. The standard InChI is InChI=1S/C17H16N4O/c1-12-3-7-14(8-4-12)11-18-21-16(19-20-17(21)22)15-9-5-13(2)6-10-15/h3-11H,1-2H3,(H,20,22)/b18-11+. The van der Waals surface area contributed by atoms with Gasteiger partial charge in [-0.2, -0.15) is 14.9 Å². The molecule has 0 radical (unpaired) electrons. The molecule has 5 nitrogen and oxygen atoms in total. The summed E-state index contributed by atoms with van der Waals surface area (Å²) >= 11 is 0. The Morgan fingerprint density at radius 2 is 1.59 bits per heavy atom. The fraction of sp³-hybridized carbons (Fsp3) is 0.118. The number of aromatic amines is 1. The third-order valence-corrected chi connectivity index (χ3v) is 3.36. The molecule has 110 valence electrons. The third-order valence-electron chi connectivity index (χ3n) is 3.36. The molecule has 0 unspecified atom stereocenters. The first-order valence-electron chi connectivity index (χ1n) is 6.99. The smallest absolute Gasteiger partial charge is 0.244 e. The van der Waals surface area contributed by atoms with Gasteiger partial charge in [0, 0.05) is 5.56 Å². The Morgan fingerprint density at radius 3 is 2.23 bits per heavy atom. The van der Waals surface area contributed by atoms with Crippen molar-refractivity contribution in [3.63, 3.8) is 0 Å². The van der Waals surface area contributed by atoms with E-state index < -0.39 is 0 Å². The highest BCUT2D eigenvalue weighted by Crippen LogP contribution is 2.15. The van der Waals surface area contributed by atoms with Crippen LogP contribution in [0.2, 0.25) is 0 Å². The van der Waals surface area contributed by atoms with E-state index in [1.54, 1.807) is 6.21 Å². The quantitative estimate of drug-likeness (QED) is 0.754. The Hall–Kier alpha value is -2.95. The second kappa shape index (κ2) is 5.81. The van der Waals surface area contributed by atoms with E-state index in [1.807, 2.05) is 62.4 Å². The molecule has 0 fully saturated rings. The van der Waals surface area contributed by atoms with Crippen LogP contribution in [-0.4, -0.2) is 21.1 Å². The molecule has 3 rings (SSSR count). The summed E-state index contributed by atoms with van der Waals surface area (Å²) in [5.74, 6) is 0.494.